The van der Waals surface area contributed by atoms with E-state index in [0.29, 0.717) is 42.5 Å². The molecule has 1 N–H and O–H groups in total. The Morgan fingerprint density at radius 3 is 2.81 bits per heavy atom. The maximum Gasteiger partial charge on any atom is 0.259 e. The van der Waals surface area contributed by atoms with Crippen LogP contribution in [-0.4, -0.2) is 28.3 Å². The van der Waals surface area contributed by atoms with Crippen molar-refractivity contribution in [3.63, 3.8) is 0 Å². The van der Waals surface area contributed by atoms with Gasteiger partial charge in [0.25, 0.3) is 11.6 Å². The van der Waals surface area contributed by atoms with Crippen LogP contribution in [0.5, 0.6) is 0 Å². The molecule has 0 spiro atoms. The summed E-state index contributed by atoms with van der Waals surface area (Å²) in [5.74, 6) is 2.45. The zero-order valence-electron chi connectivity index (χ0n) is 15.2. The molecule has 3 rings (SSSR count). The zero-order chi connectivity index (χ0) is 18.6. The van der Waals surface area contributed by atoms with E-state index in [9.17, 15) is 4.79 Å². The van der Waals surface area contributed by atoms with Crippen LogP contribution in [0.1, 0.15) is 61.3 Å². The van der Waals surface area contributed by atoms with E-state index in [1.807, 2.05) is 13.0 Å². The molecule has 2 aromatic rings. The van der Waals surface area contributed by atoms with Crippen molar-refractivity contribution in [1.29, 1.82) is 0 Å². The van der Waals surface area contributed by atoms with Crippen LogP contribution in [0.3, 0.4) is 0 Å². The Morgan fingerprint density at radius 2 is 2.15 bits per heavy atom. The lowest BCUT2D eigenvalue weighted by molar-refractivity contribution is 0.0953. The lowest BCUT2D eigenvalue weighted by Gasteiger charge is -2.11. The molecule has 1 aliphatic rings. The highest BCUT2D eigenvalue weighted by Crippen LogP contribution is 2.36. The summed E-state index contributed by atoms with van der Waals surface area (Å²) in [6, 6.07) is 1.83. The molecule has 0 atom stereocenters. The highest BCUT2D eigenvalue weighted by Gasteiger charge is 2.38. The Bertz CT molecular complexity index is 872. The summed E-state index contributed by atoms with van der Waals surface area (Å²) in [4.78, 5) is 17.2. The van der Waals surface area contributed by atoms with E-state index >= 15 is 0 Å². The van der Waals surface area contributed by atoms with E-state index in [4.69, 9.17) is 10.9 Å². The third kappa shape index (κ3) is 3.74. The topological polar surface area (TPSA) is 92.7 Å². The van der Waals surface area contributed by atoms with Crippen LogP contribution in [0, 0.1) is 12.3 Å². The Kier molecular flexibility index (Phi) is 5.31. The number of nitrogens with zero attached hydrogens (tertiary/aromatic N) is 4. The van der Waals surface area contributed by atoms with Gasteiger partial charge in [-0.05, 0) is 18.9 Å². The number of aromatic nitrogens is 2. The molecule has 7 nitrogen and oxygen atoms in total. The quantitative estimate of drug-likeness (QED) is 0.699. The first kappa shape index (κ1) is 18.1. The van der Waals surface area contributed by atoms with Crippen LogP contribution >= 0.6 is 0 Å². The van der Waals surface area contributed by atoms with Crippen LogP contribution in [0.15, 0.2) is 20.8 Å². The Balaban J connectivity index is 1.74. The van der Waals surface area contributed by atoms with E-state index in [1.54, 1.807) is 0 Å². The van der Waals surface area contributed by atoms with Crippen LogP contribution in [-0.2, 0) is 12.8 Å². The number of amides is 1. The summed E-state index contributed by atoms with van der Waals surface area (Å²) in [7, 11) is 0. The summed E-state index contributed by atoms with van der Waals surface area (Å²) in [6.45, 7) is 4.53. The summed E-state index contributed by atoms with van der Waals surface area (Å²) >= 11 is 0. The molecule has 0 saturated carbocycles. The monoisotopic (exact) mass is 353 g/mol. The molecule has 26 heavy (non-hydrogen) atoms. The number of hydrogen-bond donors (Lipinski definition) is 1. The Morgan fingerprint density at radius 1 is 1.35 bits per heavy atom. The number of pyridine rings is 1. The highest BCUT2D eigenvalue weighted by molar-refractivity contribution is 6.06. The third-order valence-corrected chi connectivity index (χ3v) is 4.53. The van der Waals surface area contributed by atoms with E-state index in [-0.39, 0.29) is 5.91 Å². The first-order chi connectivity index (χ1) is 12.6. The van der Waals surface area contributed by atoms with Crippen molar-refractivity contribution in [3.8, 4) is 12.3 Å². The number of nitrogens with one attached hydrogen (secondary N) is 1. The first-order valence-electron chi connectivity index (χ1n) is 9.06. The molecule has 1 aliphatic heterocycles. The fourth-order valence-electron chi connectivity index (χ4n) is 2.97. The van der Waals surface area contributed by atoms with Crippen molar-refractivity contribution in [2.75, 3.05) is 6.54 Å². The van der Waals surface area contributed by atoms with Gasteiger partial charge in [-0.25, -0.2) is 4.98 Å². The molecule has 0 saturated heterocycles. The van der Waals surface area contributed by atoms with Gasteiger partial charge in [0, 0.05) is 31.5 Å². The highest BCUT2D eigenvalue weighted by atomic mass is 16.5. The summed E-state index contributed by atoms with van der Waals surface area (Å²) in [5, 5.41) is 16.0. The molecule has 0 bridgehead atoms. The largest absolute Gasteiger partial charge is 0.352 e. The van der Waals surface area contributed by atoms with Crippen LogP contribution in [0.4, 0.5) is 0 Å². The minimum atomic E-state index is -0.396. The molecule has 1 amide bonds. The molecule has 0 aromatic carbocycles. The molecule has 0 fully saturated rings. The van der Waals surface area contributed by atoms with Gasteiger partial charge in [0.15, 0.2) is 5.66 Å². The van der Waals surface area contributed by atoms with Crippen LogP contribution < -0.4 is 5.32 Å². The van der Waals surface area contributed by atoms with Gasteiger partial charge < -0.3 is 9.84 Å². The van der Waals surface area contributed by atoms with Crippen molar-refractivity contribution in [2.24, 2.45) is 10.2 Å². The Hall–Kier alpha value is -2.75. The molecule has 2 aromatic heterocycles. The van der Waals surface area contributed by atoms with Gasteiger partial charge in [-0.2, -0.15) is 10.2 Å². The van der Waals surface area contributed by atoms with Gasteiger partial charge in [-0.1, -0.05) is 25.4 Å². The molecule has 0 aliphatic carbocycles. The van der Waals surface area contributed by atoms with Crippen molar-refractivity contribution >= 4 is 17.0 Å². The number of terminal acetylenes is 1. The van der Waals surface area contributed by atoms with E-state index < -0.39 is 5.66 Å². The van der Waals surface area contributed by atoms with Crippen LogP contribution in [0.2, 0.25) is 0 Å². The fourth-order valence-corrected chi connectivity index (χ4v) is 2.97. The van der Waals surface area contributed by atoms with Crippen molar-refractivity contribution in [3.05, 3.63) is 23.0 Å². The number of carbonyl (C=O) groups excluding carboxylic acids is 1. The second kappa shape index (κ2) is 7.65. The van der Waals surface area contributed by atoms with Crippen molar-refractivity contribution in [2.45, 2.75) is 58.0 Å². The standard InChI is InChI=1S/C19H23N5O2/c1-4-7-9-19(23-24-19)10-11-20-17(25)14-12-13(6-3)21-18-16(14)15(8-5-2)22-26-18/h1,12H,5-11H2,2-3H3,(H,20,25). The van der Waals surface area contributed by atoms with E-state index in [0.717, 1.165) is 30.7 Å². The van der Waals surface area contributed by atoms with Crippen LogP contribution in [0.25, 0.3) is 11.1 Å². The van der Waals surface area contributed by atoms with Gasteiger partial charge in [0.05, 0.1) is 16.6 Å². The molecular formula is C19H23N5O2. The summed E-state index contributed by atoms with van der Waals surface area (Å²) < 4.78 is 5.36. The SMILES string of the molecule is C#CCCC1(CCNC(=O)c2cc(CC)nc3onc(CCC)c23)N=N1. The van der Waals surface area contributed by atoms with Gasteiger partial charge in [0.2, 0.25) is 0 Å². The zero-order valence-corrected chi connectivity index (χ0v) is 15.2. The fraction of sp³-hybridized carbons (Fsp3) is 0.526. The van der Waals surface area contributed by atoms with Gasteiger partial charge in [-0.15, -0.1) is 12.3 Å². The average Bonchev–Trinajstić information content (AvgIpc) is 3.31. The maximum atomic E-state index is 12.8. The van der Waals surface area contributed by atoms with E-state index in [2.05, 4.69) is 38.5 Å². The number of carbonyl (C=O) groups is 1. The molecular weight excluding hydrogens is 330 g/mol. The average molecular weight is 353 g/mol. The van der Waals surface area contributed by atoms with Crippen molar-refractivity contribution < 1.29 is 9.32 Å². The Labute approximate surface area is 152 Å². The predicted octanol–water partition coefficient (Wildman–Crippen LogP) is 3.43. The van der Waals surface area contributed by atoms with Gasteiger partial charge >= 0.3 is 0 Å². The molecule has 7 heteroatoms. The lowest BCUT2D eigenvalue weighted by atomic mass is 10.0. The minimum Gasteiger partial charge on any atom is -0.352 e. The van der Waals surface area contributed by atoms with Crippen molar-refractivity contribution in [1.82, 2.24) is 15.5 Å². The first-order valence-corrected chi connectivity index (χ1v) is 9.06. The smallest absolute Gasteiger partial charge is 0.259 e. The molecule has 0 unspecified atom stereocenters. The van der Waals surface area contributed by atoms with E-state index in [1.165, 1.54) is 0 Å². The number of hydrogen-bond acceptors (Lipinski definition) is 6. The molecule has 136 valence electrons. The normalized spacial score (nSPS) is 14.3. The maximum absolute atomic E-state index is 12.8. The molecule has 3 heterocycles. The second-order valence-electron chi connectivity index (χ2n) is 6.47. The number of aryl methyl sites for hydroxylation is 2. The lowest BCUT2D eigenvalue weighted by Crippen LogP contribution is -2.28. The number of rotatable bonds is 9. The third-order valence-electron chi connectivity index (χ3n) is 4.53. The van der Waals surface area contributed by atoms with Gasteiger partial charge in [-0.3, -0.25) is 4.79 Å². The number of fused-ring (bicyclic) bond motifs is 1. The minimum absolute atomic E-state index is 0.152. The summed E-state index contributed by atoms with van der Waals surface area (Å²) in [5.41, 5.74) is 2.18. The second-order valence-corrected chi connectivity index (χ2v) is 6.47. The predicted molar refractivity (Wildman–Crippen MR) is 97.8 cm³/mol. The molecule has 0 radical (unpaired) electrons. The van der Waals surface area contributed by atoms with Gasteiger partial charge in [0.1, 0.15) is 0 Å². The summed E-state index contributed by atoms with van der Waals surface area (Å²) in [6.07, 6.45) is 9.69.